The second-order valence-corrected chi connectivity index (χ2v) is 11.0. The highest BCUT2D eigenvalue weighted by molar-refractivity contribution is 5.98. The van der Waals surface area contributed by atoms with Gasteiger partial charge >= 0.3 is 0 Å². The molecule has 0 aromatic heterocycles. The summed E-state index contributed by atoms with van der Waals surface area (Å²) in [6, 6.07) is 11.7. The van der Waals surface area contributed by atoms with Crippen LogP contribution in [0, 0.1) is 23.5 Å². The Bertz CT molecular complexity index is 966. The van der Waals surface area contributed by atoms with Crippen LogP contribution in [0.4, 0.5) is 8.78 Å². The maximum Gasteiger partial charge on any atom is 0.167 e. The molecule has 0 saturated carbocycles. The molecule has 4 rings (SSSR count). The van der Waals surface area contributed by atoms with E-state index in [1.165, 1.54) is 24.3 Å². The topological polar surface area (TPSA) is 59.1 Å². The van der Waals surface area contributed by atoms with Crippen molar-refractivity contribution < 1.29 is 27.8 Å². The van der Waals surface area contributed by atoms with E-state index in [0.717, 1.165) is 64.7 Å². The quantitative estimate of drug-likeness (QED) is 0.220. The molecule has 218 valence electrons. The molecule has 2 aliphatic rings. The Balaban J connectivity index is 1.28. The summed E-state index contributed by atoms with van der Waals surface area (Å²) >= 11 is 0. The molecule has 8 heteroatoms. The van der Waals surface area contributed by atoms with Crippen molar-refractivity contribution in [3.05, 3.63) is 71.3 Å². The predicted molar refractivity (Wildman–Crippen MR) is 151 cm³/mol. The van der Waals surface area contributed by atoms with Crippen LogP contribution in [0.1, 0.15) is 59.2 Å². The molecule has 0 radical (unpaired) electrons. The average molecular weight is 557 g/mol. The smallest absolute Gasteiger partial charge is 0.167 e. The van der Waals surface area contributed by atoms with Crippen LogP contribution >= 0.6 is 0 Å². The molecule has 2 aromatic carbocycles. The molecule has 40 heavy (non-hydrogen) atoms. The van der Waals surface area contributed by atoms with Gasteiger partial charge in [0.05, 0.1) is 26.4 Å². The minimum absolute atomic E-state index is 0.0713. The Morgan fingerprint density at radius 3 is 1.30 bits per heavy atom. The first-order valence-electron chi connectivity index (χ1n) is 14.7. The number of Topliss-reactive ketones (excluding diaryl/α,β-unsaturated/α-hetero) is 2. The molecule has 0 N–H and O–H groups in total. The molecule has 2 heterocycles. The van der Waals surface area contributed by atoms with Crippen molar-refractivity contribution in [2.75, 3.05) is 65.7 Å². The zero-order valence-corrected chi connectivity index (χ0v) is 23.4. The molecule has 2 saturated heterocycles. The van der Waals surface area contributed by atoms with Crippen molar-refractivity contribution >= 4 is 11.6 Å². The maximum absolute atomic E-state index is 13.4. The van der Waals surface area contributed by atoms with Gasteiger partial charge in [-0.1, -0.05) is 25.7 Å². The van der Waals surface area contributed by atoms with E-state index in [4.69, 9.17) is 9.47 Å². The van der Waals surface area contributed by atoms with Gasteiger partial charge in [-0.15, -0.1) is 0 Å². The van der Waals surface area contributed by atoms with E-state index in [-0.39, 0.29) is 35.0 Å². The lowest BCUT2D eigenvalue weighted by Crippen LogP contribution is -2.41. The van der Waals surface area contributed by atoms with Gasteiger partial charge in [0.1, 0.15) is 11.6 Å². The number of ketones is 2. The van der Waals surface area contributed by atoms with Crippen molar-refractivity contribution in [2.45, 2.75) is 38.5 Å². The van der Waals surface area contributed by atoms with E-state index in [9.17, 15) is 18.4 Å². The second kappa shape index (κ2) is 16.1. The standard InChI is InChI=1S/C32H42F2N2O4/c33-29-11-7-25(8-12-29)31(37)27(23-35-15-19-39-20-16-35)5-3-1-2-4-6-28(24-36-17-21-40-22-18-36)32(38)26-9-13-30(34)14-10-26/h7-14,27-28H,1-6,15-24H2/t27-,28-/m0/s1. The summed E-state index contributed by atoms with van der Waals surface area (Å²) in [5.41, 5.74) is 1.12. The van der Waals surface area contributed by atoms with Crippen LogP contribution in [0.15, 0.2) is 48.5 Å². The molecule has 2 aromatic rings. The molecule has 2 aliphatic heterocycles. The average Bonchev–Trinajstić information content (AvgIpc) is 2.99. The minimum atomic E-state index is -0.342. The Hall–Kier alpha value is -2.52. The van der Waals surface area contributed by atoms with Crippen molar-refractivity contribution in [3.8, 4) is 0 Å². The van der Waals surface area contributed by atoms with Gasteiger partial charge in [0.2, 0.25) is 0 Å². The first kappa shape index (κ1) is 30.4. The molecule has 2 atom stereocenters. The van der Waals surface area contributed by atoms with E-state index in [0.29, 0.717) is 50.6 Å². The normalized spacial score (nSPS) is 18.4. The number of morpholine rings is 2. The van der Waals surface area contributed by atoms with Gasteiger partial charge < -0.3 is 9.47 Å². The monoisotopic (exact) mass is 556 g/mol. The molecule has 0 aliphatic carbocycles. The zero-order chi connectivity index (χ0) is 28.2. The molecule has 0 amide bonds. The molecule has 0 spiro atoms. The lowest BCUT2D eigenvalue weighted by Gasteiger charge is -2.30. The number of hydrogen-bond donors (Lipinski definition) is 0. The largest absolute Gasteiger partial charge is 0.379 e. The molecule has 6 nitrogen and oxygen atoms in total. The Morgan fingerprint density at radius 1 is 0.600 bits per heavy atom. The molecule has 0 unspecified atom stereocenters. The van der Waals surface area contributed by atoms with E-state index in [2.05, 4.69) is 9.80 Å². The van der Waals surface area contributed by atoms with Crippen LogP contribution in [-0.4, -0.2) is 87.1 Å². The fourth-order valence-corrected chi connectivity index (χ4v) is 5.64. The summed E-state index contributed by atoms with van der Waals surface area (Å²) < 4.78 is 37.8. The number of rotatable bonds is 15. The molecular weight excluding hydrogens is 514 g/mol. The van der Waals surface area contributed by atoms with Gasteiger partial charge in [0, 0.05) is 62.2 Å². The Labute approximate surface area is 236 Å². The first-order valence-corrected chi connectivity index (χ1v) is 14.7. The highest BCUT2D eigenvalue weighted by Crippen LogP contribution is 2.22. The lowest BCUT2D eigenvalue weighted by molar-refractivity contribution is 0.0291. The number of carbonyl (C=O) groups is 2. The predicted octanol–water partition coefficient (Wildman–Crippen LogP) is 5.27. The highest BCUT2D eigenvalue weighted by Gasteiger charge is 2.25. The number of nitrogens with zero attached hydrogens (tertiary/aromatic N) is 2. The zero-order valence-electron chi connectivity index (χ0n) is 23.4. The third-order valence-corrected chi connectivity index (χ3v) is 8.02. The summed E-state index contributed by atoms with van der Waals surface area (Å²) in [5.74, 6) is -0.823. The minimum Gasteiger partial charge on any atom is -0.379 e. The van der Waals surface area contributed by atoms with Gasteiger partial charge in [-0.05, 0) is 61.4 Å². The highest BCUT2D eigenvalue weighted by atomic mass is 19.1. The van der Waals surface area contributed by atoms with Crippen LogP contribution in [0.3, 0.4) is 0 Å². The lowest BCUT2D eigenvalue weighted by atomic mass is 9.89. The molecular formula is C32H42F2N2O4. The fourth-order valence-electron chi connectivity index (χ4n) is 5.64. The Morgan fingerprint density at radius 2 is 0.950 bits per heavy atom. The maximum atomic E-state index is 13.4. The van der Waals surface area contributed by atoms with E-state index in [1.807, 2.05) is 0 Å². The second-order valence-electron chi connectivity index (χ2n) is 11.0. The van der Waals surface area contributed by atoms with Gasteiger partial charge in [-0.2, -0.15) is 0 Å². The SMILES string of the molecule is O=C(c1ccc(F)cc1)[C@@H](CCCCCC[C@@H](CN1CCOCC1)C(=O)c1ccc(F)cc1)CN1CCOCC1. The van der Waals surface area contributed by atoms with E-state index >= 15 is 0 Å². The number of benzene rings is 2. The third-order valence-electron chi connectivity index (χ3n) is 8.02. The number of halogens is 2. The molecule has 0 bridgehead atoms. The number of hydrogen-bond acceptors (Lipinski definition) is 6. The van der Waals surface area contributed by atoms with Gasteiger partial charge in [-0.3, -0.25) is 19.4 Å². The fraction of sp³-hybridized carbons (Fsp3) is 0.562. The van der Waals surface area contributed by atoms with Crippen molar-refractivity contribution in [2.24, 2.45) is 11.8 Å². The van der Waals surface area contributed by atoms with Gasteiger partial charge in [0.15, 0.2) is 11.6 Å². The number of ether oxygens (including phenoxy) is 2. The summed E-state index contributed by atoms with van der Waals surface area (Å²) in [6.07, 6.45) is 5.35. The summed E-state index contributed by atoms with van der Waals surface area (Å²) in [5, 5.41) is 0. The van der Waals surface area contributed by atoms with Crippen molar-refractivity contribution in [1.82, 2.24) is 9.80 Å². The van der Waals surface area contributed by atoms with Crippen LogP contribution in [0.25, 0.3) is 0 Å². The van der Waals surface area contributed by atoms with Crippen LogP contribution in [0.2, 0.25) is 0 Å². The van der Waals surface area contributed by atoms with Crippen molar-refractivity contribution in [1.29, 1.82) is 0 Å². The van der Waals surface area contributed by atoms with Gasteiger partial charge in [0.25, 0.3) is 0 Å². The molecule has 2 fully saturated rings. The van der Waals surface area contributed by atoms with Crippen LogP contribution in [0.5, 0.6) is 0 Å². The number of carbonyl (C=O) groups excluding carboxylic acids is 2. The van der Waals surface area contributed by atoms with Crippen LogP contribution in [-0.2, 0) is 9.47 Å². The first-order chi connectivity index (χ1) is 19.5. The summed E-state index contributed by atoms with van der Waals surface area (Å²) in [6.45, 7) is 7.37. The van der Waals surface area contributed by atoms with Crippen molar-refractivity contribution in [3.63, 3.8) is 0 Å². The summed E-state index contributed by atoms with van der Waals surface area (Å²) in [4.78, 5) is 31.2. The van der Waals surface area contributed by atoms with Gasteiger partial charge in [-0.25, -0.2) is 8.78 Å². The van der Waals surface area contributed by atoms with E-state index < -0.39 is 0 Å². The van der Waals surface area contributed by atoms with Crippen LogP contribution < -0.4 is 0 Å². The number of unbranched alkanes of at least 4 members (excludes halogenated alkanes) is 3. The third kappa shape index (κ3) is 9.54. The van der Waals surface area contributed by atoms with E-state index in [1.54, 1.807) is 24.3 Å². The summed E-state index contributed by atoms with van der Waals surface area (Å²) in [7, 11) is 0. The Kier molecular flexibility index (Phi) is 12.2.